The lowest BCUT2D eigenvalue weighted by Gasteiger charge is -2.09. The molecular formula is C13H10N4O2. The van der Waals surface area contributed by atoms with E-state index >= 15 is 0 Å². The van der Waals surface area contributed by atoms with Gasteiger partial charge in [-0.25, -0.2) is 14.8 Å². The van der Waals surface area contributed by atoms with Gasteiger partial charge in [0.05, 0.1) is 30.1 Å². The number of rotatable bonds is 3. The Morgan fingerprint density at radius 2 is 2.11 bits per heavy atom. The maximum atomic E-state index is 10.7. The molecule has 94 valence electrons. The molecule has 2 N–H and O–H groups in total. The van der Waals surface area contributed by atoms with Gasteiger partial charge in [0, 0.05) is 5.56 Å². The highest BCUT2D eigenvalue weighted by atomic mass is 16.4. The molecule has 2 aromatic rings. The van der Waals surface area contributed by atoms with Crippen LogP contribution in [-0.4, -0.2) is 21.2 Å². The molecule has 0 aliphatic rings. The Bertz CT molecular complexity index is 635. The van der Waals surface area contributed by atoms with E-state index in [4.69, 9.17) is 10.4 Å². The third-order valence-corrected chi connectivity index (χ3v) is 2.36. The van der Waals surface area contributed by atoms with Crippen molar-refractivity contribution in [3.63, 3.8) is 0 Å². The first kappa shape index (κ1) is 12.5. The summed E-state index contributed by atoms with van der Waals surface area (Å²) < 4.78 is 0. The summed E-state index contributed by atoms with van der Waals surface area (Å²) in [5.41, 5.74) is 1.51. The fourth-order valence-corrected chi connectivity index (χ4v) is 1.60. The molecule has 0 unspecified atom stereocenters. The molecular weight excluding hydrogens is 244 g/mol. The second-order valence-corrected chi connectivity index (χ2v) is 3.68. The number of carbonyl (C=O) groups is 1. The summed E-state index contributed by atoms with van der Waals surface area (Å²) in [6.07, 6.45) is 0.261. The van der Waals surface area contributed by atoms with E-state index in [-0.39, 0.29) is 6.42 Å². The lowest BCUT2D eigenvalue weighted by atomic mass is 10.1. The topological polar surface area (TPSA) is 98.9 Å². The molecule has 0 atom stereocenters. The van der Waals surface area contributed by atoms with E-state index in [9.17, 15) is 4.79 Å². The van der Waals surface area contributed by atoms with Crippen molar-refractivity contribution < 1.29 is 9.90 Å². The van der Waals surface area contributed by atoms with Crippen LogP contribution in [0.1, 0.15) is 5.82 Å². The summed E-state index contributed by atoms with van der Waals surface area (Å²) in [6.45, 7) is 0. The van der Waals surface area contributed by atoms with Crippen molar-refractivity contribution in [2.75, 3.05) is 5.32 Å². The van der Waals surface area contributed by atoms with E-state index in [1.807, 2.05) is 36.4 Å². The number of nitriles is 1. The Labute approximate surface area is 109 Å². The number of nitrogens with zero attached hydrogens (tertiary/aromatic N) is 3. The van der Waals surface area contributed by atoms with Crippen LogP contribution in [0.2, 0.25) is 0 Å². The molecule has 6 heteroatoms. The van der Waals surface area contributed by atoms with Crippen LogP contribution in [0.4, 0.5) is 10.5 Å². The van der Waals surface area contributed by atoms with Gasteiger partial charge in [-0.3, -0.25) is 5.32 Å². The third-order valence-electron chi connectivity index (χ3n) is 2.36. The normalized spacial score (nSPS) is 9.63. The lowest BCUT2D eigenvalue weighted by Crippen LogP contribution is -2.10. The Hall–Kier alpha value is -2.94. The van der Waals surface area contributed by atoms with Crippen molar-refractivity contribution in [1.82, 2.24) is 9.97 Å². The van der Waals surface area contributed by atoms with Crippen LogP contribution in [0.5, 0.6) is 0 Å². The zero-order valence-electron chi connectivity index (χ0n) is 9.87. The van der Waals surface area contributed by atoms with Crippen molar-refractivity contribution in [3.8, 4) is 17.3 Å². The van der Waals surface area contributed by atoms with Gasteiger partial charge in [0.2, 0.25) is 0 Å². The van der Waals surface area contributed by atoms with Crippen LogP contribution in [0.25, 0.3) is 11.3 Å². The molecule has 1 aromatic carbocycles. The predicted octanol–water partition coefficient (Wildman–Crippen LogP) is 2.30. The van der Waals surface area contributed by atoms with Gasteiger partial charge < -0.3 is 5.11 Å². The van der Waals surface area contributed by atoms with E-state index in [1.165, 1.54) is 6.20 Å². The minimum absolute atomic E-state index is 0.0766. The van der Waals surface area contributed by atoms with Crippen molar-refractivity contribution in [2.45, 2.75) is 6.42 Å². The average Bonchev–Trinajstić information content (AvgIpc) is 2.41. The minimum Gasteiger partial charge on any atom is -0.465 e. The first-order valence-electron chi connectivity index (χ1n) is 5.49. The highest BCUT2D eigenvalue weighted by Crippen LogP contribution is 2.25. The van der Waals surface area contributed by atoms with Gasteiger partial charge in [0.25, 0.3) is 0 Å². The molecule has 6 nitrogen and oxygen atoms in total. The highest BCUT2D eigenvalue weighted by molar-refractivity contribution is 5.88. The Morgan fingerprint density at radius 1 is 1.37 bits per heavy atom. The van der Waals surface area contributed by atoms with E-state index in [0.29, 0.717) is 17.2 Å². The quantitative estimate of drug-likeness (QED) is 0.875. The second kappa shape index (κ2) is 5.60. The van der Waals surface area contributed by atoms with Gasteiger partial charge in [-0.1, -0.05) is 30.3 Å². The van der Waals surface area contributed by atoms with Gasteiger partial charge in [-0.05, 0) is 0 Å². The van der Waals surface area contributed by atoms with Crippen molar-refractivity contribution in [3.05, 3.63) is 42.4 Å². The van der Waals surface area contributed by atoms with Gasteiger partial charge in [0.15, 0.2) is 0 Å². The van der Waals surface area contributed by atoms with Gasteiger partial charge in [0.1, 0.15) is 5.82 Å². The number of hydrogen-bond donors (Lipinski definition) is 2. The standard InChI is InChI=1S/C13H10N4O2/c14-7-6-11-15-8-10(16-13(18)19)12(17-11)9-4-2-1-3-5-9/h1-5,8,16H,6H2,(H,18,19). The maximum Gasteiger partial charge on any atom is 0.409 e. The van der Waals surface area contributed by atoms with Gasteiger partial charge >= 0.3 is 6.09 Å². The minimum atomic E-state index is -1.19. The molecule has 2 rings (SSSR count). The molecule has 0 aliphatic heterocycles. The summed E-state index contributed by atoms with van der Waals surface area (Å²) in [5.74, 6) is 0.359. The van der Waals surface area contributed by atoms with E-state index < -0.39 is 6.09 Å². The van der Waals surface area contributed by atoms with Crippen molar-refractivity contribution in [2.24, 2.45) is 0 Å². The fourth-order valence-electron chi connectivity index (χ4n) is 1.60. The smallest absolute Gasteiger partial charge is 0.409 e. The first-order valence-corrected chi connectivity index (χ1v) is 5.49. The lowest BCUT2D eigenvalue weighted by molar-refractivity contribution is 0.209. The Morgan fingerprint density at radius 3 is 2.74 bits per heavy atom. The number of anilines is 1. The number of hydrogen-bond acceptors (Lipinski definition) is 4. The fraction of sp³-hybridized carbons (Fsp3) is 0.0769. The van der Waals surface area contributed by atoms with E-state index in [1.54, 1.807) is 0 Å². The zero-order chi connectivity index (χ0) is 13.7. The molecule has 19 heavy (non-hydrogen) atoms. The SMILES string of the molecule is N#CCc1ncc(NC(=O)O)c(-c2ccccc2)n1. The highest BCUT2D eigenvalue weighted by Gasteiger charge is 2.11. The van der Waals surface area contributed by atoms with Crippen LogP contribution in [-0.2, 0) is 6.42 Å². The zero-order valence-corrected chi connectivity index (χ0v) is 9.87. The average molecular weight is 254 g/mol. The molecule has 0 bridgehead atoms. The summed E-state index contributed by atoms with van der Waals surface area (Å²) >= 11 is 0. The molecule has 0 radical (unpaired) electrons. The van der Waals surface area contributed by atoms with E-state index in [0.717, 1.165) is 5.56 Å². The molecule has 0 saturated heterocycles. The molecule has 1 heterocycles. The third kappa shape index (κ3) is 3.04. The predicted molar refractivity (Wildman–Crippen MR) is 68.4 cm³/mol. The second-order valence-electron chi connectivity index (χ2n) is 3.68. The van der Waals surface area contributed by atoms with Gasteiger partial charge in [-0.2, -0.15) is 5.26 Å². The number of aromatic nitrogens is 2. The van der Waals surface area contributed by atoms with Crippen LogP contribution in [0.3, 0.4) is 0 Å². The molecule has 0 fully saturated rings. The molecule has 1 aromatic heterocycles. The Kier molecular flexibility index (Phi) is 3.69. The largest absolute Gasteiger partial charge is 0.465 e. The van der Waals surface area contributed by atoms with Crippen LogP contribution < -0.4 is 5.32 Å². The Balaban J connectivity index is 2.50. The maximum absolute atomic E-state index is 10.7. The monoisotopic (exact) mass is 254 g/mol. The van der Waals surface area contributed by atoms with Crippen LogP contribution >= 0.6 is 0 Å². The summed E-state index contributed by atoms with van der Waals surface area (Å²) in [4.78, 5) is 18.9. The number of amides is 1. The van der Waals surface area contributed by atoms with Crippen LogP contribution in [0.15, 0.2) is 36.5 Å². The van der Waals surface area contributed by atoms with Crippen LogP contribution in [0, 0.1) is 11.3 Å². The molecule has 0 spiro atoms. The first-order chi connectivity index (χ1) is 9.20. The van der Waals surface area contributed by atoms with Crippen molar-refractivity contribution >= 4 is 11.8 Å². The van der Waals surface area contributed by atoms with Crippen molar-refractivity contribution in [1.29, 1.82) is 5.26 Å². The van der Waals surface area contributed by atoms with Gasteiger partial charge in [-0.15, -0.1) is 0 Å². The molecule has 1 amide bonds. The van der Waals surface area contributed by atoms with E-state index in [2.05, 4.69) is 15.3 Å². The number of benzene rings is 1. The number of nitrogens with one attached hydrogen (secondary N) is 1. The summed E-state index contributed by atoms with van der Waals surface area (Å²) in [5, 5.41) is 19.7. The summed E-state index contributed by atoms with van der Waals surface area (Å²) in [6, 6.07) is 11.1. The summed E-state index contributed by atoms with van der Waals surface area (Å²) in [7, 11) is 0. The molecule has 0 aliphatic carbocycles. The number of carboxylic acid groups (broad SMARTS) is 1. The molecule has 0 saturated carbocycles.